The van der Waals surface area contributed by atoms with Crippen molar-refractivity contribution in [2.24, 2.45) is 0 Å². The summed E-state index contributed by atoms with van der Waals surface area (Å²) in [5.41, 5.74) is 1.04. The SMILES string of the molecule is O=c1cc(-c2ccccc2)[nH]n1CCS(=O)(=O)[O-].[Na+]. The molecule has 1 aromatic carbocycles. The Labute approximate surface area is 132 Å². The summed E-state index contributed by atoms with van der Waals surface area (Å²) in [5, 5.41) is 2.77. The molecule has 2 rings (SSSR count). The minimum Gasteiger partial charge on any atom is -0.748 e. The second-order valence-electron chi connectivity index (χ2n) is 3.79. The van der Waals surface area contributed by atoms with E-state index in [-0.39, 0.29) is 41.7 Å². The van der Waals surface area contributed by atoms with E-state index in [2.05, 4.69) is 5.10 Å². The minimum atomic E-state index is -4.32. The van der Waals surface area contributed by atoms with E-state index >= 15 is 0 Å². The summed E-state index contributed by atoms with van der Waals surface area (Å²) in [6, 6.07) is 10.5. The predicted octanol–water partition coefficient (Wildman–Crippen LogP) is -2.61. The standard InChI is InChI=1S/C11H12N2O4S.Na/c14-11-8-10(9-4-2-1-3-5-9)12-13(11)6-7-18(15,16)17;/h1-5,8,12H,6-7H2,(H,15,16,17);/q;+1/p-1. The molecular formula is C11H11N2NaO4S. The van der Waals surface area contributed by atoms with Gasteiger partial charge in [-0.1, -0.05) is 30.3 Å². The van der Waals surface area contributed by atoms with Crippen molar-refractivity contribution in [1.82, 2.24) is 9.78 Å². The van der Waals surface area contributed by atoms with Gasteiger partial charge in [0.25, 0.3) is 5.56 Å². The van der Waals surface area contributed by atoms with Crippen molar-refractivity contribution in [2.75, 3.05) is 5.75 Å². The van der Waals surface area contributed by atoms with Crippen LogP contribution in [0, 0.1) is 0 Å². The van der Waals surface area contributed by atoms with E-state index in [0.717, 1.165) is 10.2 Å². The van der Waals surface area contributed by atoms with Gasteiger partial charge < -0.3 is 4.55 Å². The first-order chi connectivity index (χ1) is 8.46. The summed E-state index contributed by atoms with van der Waals surface area (Å²) < 4.78 is 32.6. The molecule has 0 aliphatic carbocycles. The van der Waals surface area contributed by atoms with Gasteiger partial charge in [0.05, 0.1) is 28.1 Å². The van der Waals surface area contributed by atoms with Crippen molar-refractivity contribution >= 4 is 10.1 Å². The fraction of sp³-hybridized carbons (Fsp3) is 0.182. The van der Waals surface area contributed by atoms with Gasteiger partial charge >= 0.3 is 29.6 Å². The van der Waals surface area contributed by atoms with Crippen LogP contribution in [0.2, 0.25) is 0 Å². The van der Waals surface area contributed by atoms with Gasteiger partial charge in [-0.05, 0) is 5.56 Å². The van der Waals surface area contributed by atoms with Gasteiger partial charge in [-0.2, -0.15) is 0 Å². The summed E-state index contributed by atoms with van der Waals surface area (Å²) in [7, 11) is -4.32. The Kier molecular flexibility index (Phi) is 5.57. The Balaban J connectivity index is 0.00000180. The average molecular weight is 290 g/mol. The molecule has 0 aliphatic heterocycles. The van der Waals surface area contributed by atoms with Gasteiger partial charge in [0, 0.05) is 6.07 Å². The second kappa shape index (κ2) is 6.53. The first-order valence-corrected chi connectivity index (χ1v) is 6.82. The van der Waals surface area contributed by atoms with Crippen molar-refractivity contribution in [2.45, 2.75) is 6.54 Å². The maximum Gasteiger partial charge on any atom is 1.00 e. The molecular weight excluding hydrogens is 279 g/mol. The number of aryl methyl sites for hydroxylation is 1. The minimum absolute atomic E-state index is 0. The molecule has 0 amide bonds. The van der Waals surface area contributed by atoms with Crippen molar-refractivity contribution in [3.63, 3.8) is 0 Å². The summed E-state index contributed by atoms with van der Waals surface area (Å²) in [5.74, 6) is -0.609. The fourth-order valence-electron chi connectivity index (χ4n) is 1.57. The topological polar surface area (TPSA) is 95.0 Å². The molecule has 19 heavy (non-hydrogen) atoms. The van der Waals surface area contributed by atoms with E-state index in [9.17, 15) is 17.8 Å². The third-order valence-corrected chi connectivity index (χ3v) is 3.12. The zero-order valence-corrected chi connectivity index (χ0v) is 13.2. The third-order valence-electron chi connectivity index (χ3n) is 2.44. The Morgan fingerprint density at radius 1 is 1.21 bits per heavy atom. The van der Waals surface area contributed by atoms with Crippen LogP contribution < -0.4 is 35.1 Å². The summed E-state index contributed by atoms with van der Waals surface area (Å²) >= 11 is 0. The van der Waals surface area contributed by atoms with Gasteiger partial charge in [0.2, 0.25) is 0 Å². The number of nitrogens with zero attached hydrogens (tertiary/aromatic N) is 1. The Morgan fingerprint density at radius 3 is 2.42 bits per heavy atom. The van der Waals surface area contributed by atoms with E-state index in [1.54, 1.807) is 0 Å². The Bertz CT molecular complexity index is 691. The van der Waals surface area contributed by atoms with E-state index in [1.165, 1.54) is 6.07 Å². The monoisotopic (exact) mass is 290 g/mol. The maximum atomic E-state index is 11.6. The Morgan fingerprint density at radius 2 is 1.84 bits per heavy atom. The van der Waals surface area contributed by atoms with E-state index < -0.39 is 15.9 Å². The number of aromatic amines is 1. The normalized spacial score (nSPS) is 11.0. The summed E-state index contributed by atoms with van der Waals surface area (Å²) in [6.45, 7) is -0.169. The molecule has 2 aromatic rings. The number of rotatable bonds is 4. The quantitative estimate of drug-likeness (QED) is 0.493. The van der Waals surface area contributed by atoms with Crippen LogP contribution in [0.5, 0.6) is 0 Å². The first kappa shape index (κ1) is 16.2. The van der Waals surface area contributed by atoms with Crippen LogP contribution in [-0.4, -0.2) is 28.5 Å². The van der Waals surface area contributed by atoms with E-state index in [4.69, 9.17) is 0 Å². The second-order valence-corrected chi connectivity index (χ2v) is 5.31. The first-order valence-electron chi connectivity index (χ1n) is 5.24. The number of hydrogen-bond acceptors (Lipinski definition) is 4. The number of aromatic nitrogens is 2. The fourth-order valence-corrected chi connectivity index (χ4v) is 1.98. The van der Waals surface area contributed by atoms with Crippen LogP contribution in [0.25, 0.3) is 11.3 Å². The van der Waals surface area contributed by atoms with Crippen LogP contribution in [-0.2, 0) is 16.7 Å². The zero-order chi connectivity index (χ0) is 13.2. The molecule has 0 fully saturated rings. The molecule has 0 saturated carbocycles. The number of benzene rings is 1. The molecule has 8 heteroatoms. The molecule has 0 aliphatic rings. The van der Waals surface area contributed by atoms with Crippen molar-refractivity contribution < 1.29 is 42.5 Å². The van der Waals surface area contributed by atoms with Crippen LogP contribution >= 0.6 is 0 Å². The molecule has 0 spiro atoms. The number of H-pyrrole nitrogens is 1. The molecule has 96 valence electrons. The van der Waals surface area contributed by atoms with Gasteiger partial charge in [0.1, 0.15) is 0 Å². The summed E-state index contributed by atoms with van der Waals surface area (Å²) in [4.78, 5) is 11.6. The van der Waals surface area contributed by atoms with Crippen molar-refractivity contribution in [1.29, 1.82) is 0 Å². The molecule has 1 N–H and O–H groups in total. The maximum absolute atomic E-state index is 11.6. The largest absolute Gasteiger partial charge is 1.00 e. The van der Waals surface area contributed by atoms with Gasteiger partial charge in [-0.15, -0.1) is 0 Å². The van der Waals surface area contributed by atoms with Gasteiger partial charge in [-0.3, -0.25) is 14.6 Å². The molecule has 0 unspecified atom stereocenters. The van der Waals surface area contributed by atoms with Gasteiger partial charge in [0.15, 0.2) is 0 Å². The Hall–Kier alpha value is -0.860. The predicted molar refractivity (Wildman–Crippen MR) is 65.1 cm³/mol. The van der Waals surface area contributed by atoms with Crippen molar-refractivity contribution in [3.8, 4) is 11.3 Å². The van der Waals surface area contributed by atoms with Crippen LogP contribution in [0.1, 0.15) is 0 Å². The third kappa shape index (κ3) is 4.63. The van der Waals surface area contributed by atoms with E-state index in [1.807, 2.05) is 30.3 Å². The smallest absolute Gasteiger partial charge is 0.748 e. The number of nitrogens with one attached hydrogen (secondary N) is 1. The van der Waals surface area contributed by atoms with Crippen LogP contribution in [0.4, 0.5) is 0 Å². The summed E-state index contributed by atoms with van der Waals surface area (Å²) in [6.07, 6.45) is 0. The molecule has 0 atom stereocenters. The van der Waals surface area contributed by atoms with Crippen LogP contribution in [0.3, 0.4) is 0 Å². The molecule has 1 aromatic heterocycles. The molecule has 6 nitrogen and oxygen atoms in total. The average Bonchev–Trinajstić information content (AvgIpc) is 2.68. The zero-order valence-electron chi connectivity index (χ0n) is 10.4. The van der Waals surface area contributed by atoms with Crippen molar-refractivity contribution in [3.05, 3.63) is 46.8 Å². The molecule has 0 saturated heterocycles. The van der Waals surface area contributed by atoms with Crippen LogP contribution in [0.15, 0.2) is 41.2 Å². The molecule has 1 heterocycles. The van der Waals surface area contributed by atoms with E-state index in [0.29, 0.717) is 5.69 Å². The van der Waals surface area contributed by atoms with Gasteiger partial charge in [-0.25, -0.2) is 8.42 Å². The molecule has 0 radical (unpaired) electrons. The number of hydrogen-bond donors (Lipinski definition) is 1. The molecule has 0 bridgehead atoms.